The minimum atomic E-state index is 0. The molecule has 2 heteroatoms. The molecule has 5 heavy (non-hydrogen) atoms. The van der Waals surface area contributed by atoms with Gasteiger partial charge in [-0.25, -0.2) is 0 Å². The Hall–Kier alpha value is 2.39. The van der Waals surface area contributed by atoms with Crippen molar-refractivity contribution in [1.82, 2.24) is 0 Å². The van der Waals surface area contributed by atoms with E-state index in [0.717, 1.165) is 0 Å². The smallest absolute Gasteiger partial charge is 0 e. The van der Waals surface area contributed by atoms with Crippen LogP contribution in [-0.4, -0.2) is 0 Å². The van der Waals surface area contributed by atoms with Crippen molar-refractivity contribution in [2.75, 3.05) is 0 Å². The Morgan fingerprint density at radius 1 is 0.400 bits per heavy atom. The number of hydrogen-bond donors (Lipinski definition) is 0. The summed E-state index contributed by atoms with van der Waals surface area (Å²) in [6.07, 6.45) is 0. The molecule has 0 heterocycles. The average molecular weight is 323 g/mol. The second-order valence-corrected chi connectivity index (χ2v) is 0. The van der Waals surface area contributed by atoms with Crippen LogP contribution in [0.3, 0.4) is 0 Å². The summed E-state index contributed by atoms with van der Waals surface area (Å²) in [5.41, 5.74) is 0. The van der Waals surface area contributed by atoms with Gasteiger partial charge in [0.25, 0.3) is 0 Å². The Morgan fingerprint density at radius 3 is 0.400 bits per heavy atom. The van der Waals surface area contributed by atoms with Crippen molar-refractivity contribution in [3.8, 4) is 0 Å². The van der Waals surface area contributed by atoms with Gasteiger partial charge in [0, 0.05) is 71.2 Å². The third-order valence-electron chi connectivity index (χ3n) is 0. The van der Waals surface area contributed by atoms with Crippen LogP contribution in [-0.2, 0) is 0 Å². The van der Waals surface area contributed by atoms with E-state index in [1.165, 1.54) is 0 Å². The molecule has 0 aromatic carbocycles. The average Bonchev–Trinajstić information content (AvgIpc) is 0. The summed E-state index contributed by atoms with van der Waals surface area (Å²) in [7, 11) is 0. The van der Waals surface area contributed by atoms with Gasteiger partial charge in [-0.1, -0.05) is 0 Å². The summed E-state index contributed by atoms with van der Waals surface area (Å²) in [6, 6.07) is 0. The van der Waals surface area contributed by atoms with Gasteiger partial charge in [0.05, 0.1) is 0 Å². The molecule has 0 bridgehead atoms. The van der Waals surface area contributed by atoms with Crippen molar-refractivity contribution in [1.29, 1.82) is 0 Å². The third-order valence-corrected chi connectivity index (χ3v) is 0. The molecule has 0 saturated carbocycles. The van der Waals surface area contributed by atoms with Crippen LogP contribution in [0.15, 0.2) is 0 Å². The van der Waals surface area contributed by atoms with Crippen molar-refractivity contribution >= 4 is 0 Å². The first kappa shape index (κ1) is 52.8. The predicted octanol–water partition coefficient (Wildman–Crippen LogP) is 1.35. The minimum absolute atomic E-state index is 0. The van der Waals surface area contributed by atoms with E-state index in [0.29, 0.717) is 0 Å². The Morgan fingerprint density at radius 2 is 0.400 bits per heavy atom. The molecule has 0 saturated heterocycles. The van der Waals surface area contributed by atoms with E-state index in [9.17, 15) is 0 Å². The monoisotopic (exact) mass is 323 g/mol. The maximum atomic E-state index is 0. The molecule has 0 rings (SSSR count). The van der Waals surface area contributed by atoms with Gasteiger partial charge in [-0.15, -0.1) is 0 Å². The van der Waals surface area contributed by atoms with Crippen molar-refractivity contribution in [2.24, 2.45) is 0 Å². The van der Waals surface area contributed by atoms with Crippen molar-refractivity contribution in [2.45, 2.75) is 0 Å². The molecule has 0 spiro atoms. The molecule has 0 aliphatic heterocycles. The molecule has 0 nitrogen and oxygen atoms in total. The van der Waals surface area contributed by atoms with E-state index in [1.807, 2.05) is 0 Å². The molecule has 0 atom stereocenters. The van der Waals surface area contributed by atoms with E-state index in [4.69, 9.17) is 0 Å². The first-order chi connectivity index (χ1) is 0. The standard InChI is InChI=1S/3CH3.2La/h3*1H3;;/q3*-1;;. The maximum absolute atomic E-state index is 0. The Balaban J connectivity index is 0. The van der Waals surface area contributed by atoms with Gasteiger partial charge in [-0.2, -0.15) is 0 Å². The SMILES string of the molecule is [CH3-].[CH3-].[CH3-].[La].[La]. The van der Waals surface area contributed by atoms with Crippen LogP contribution in [0.25, 0.3) is 0 Å². The van der Waals surface area contributed by atoms with E-state index < -0.39 is 0 Å². The zero-order chi connectivity index (χ0) is 0. The molecule has 0 fully saturated rings. The van der Waals surface area contributed by atoms with E-state index >= 15 is 0 Å². The second-order valence-electron chi connectivity index (χ2n) is 0. The van der Waals surface area contributed by atoms with Crippen LogP contribution in [0.4, 0.5) is 0 Å². The molecule has 0 amide bonds. The van der Waals surface area contributed by atoms with Crippen LogP contribution in [0.5, 0.6) is 0 Å². The molecule has 2 radical (unpaired) electrons. The topological polar surface area (TPSA) is 0 Å². The fraction of sp³-hybridized carbons (Fsp3) is 0. The summed E-state index contributed by atoms with van der Waals surface area (Å²) >= 11 is 0. The number of rotatable bonds is 0. The summed E-state index contributed by atoms with van der Waals surface area (Å²) in [5, 5.41) is 0. The van der Waals surface area contributed by atoms with Crippen LogP contribution in [0.1, 0.15) is 0 Å². The van der Waals surface area contributed by atoms with E-state index in [-0.39, 0.29) is 93.5 Å². The van der Waals surface area contributed by atoms with Gasteiger partial charge < -0.3 is 22.3 Å². The van der Waals surface area contributed by atoms with Crippen molar-refractivity contribution in [3.63, 3.8) is 0 Å². The molecule has 30 valence electrons. The number of hydrogen-bond acceptors (Lipinski definition) is 0. The molecule has 0 unspecified atom stereocenters. The van der Waals surface area contributed by atoms with Gasteiger partial charge in [0.15, 0.2) is 0 Å². The largest absolute Gasteiger partial charge is 0.358 e. The molecule has 0 aliphatic rings. The normalized spacial score (nSPS) is 0. The first-order valence-corrected chi connectivity index (χ1v) is 0. The van der Waals surface area contributed by atoms with Crippen molar-refractivity contribution < 1.29 is 71.2 Å². The molecular weight excluding hydrogens is 314 g/mol. The van der Waals surface area contributed by atoms with Gasteiger partial charge in [-0.05, 0) is 0 Å². The Bertz CT molecular complexity index is 4.85. The minimum Gasteiger partial charge on any atom is -0.358 e. The summed E-state index contributed by atoms with van der Waals surface area (Å²) in [4.78, 5) is 0. The fourth-order valence-electron chi connectivity index (χ4n) is 0. The maximum Gasteiger partial charge on any atom is 0 e. The Kier molecular flexibility index (Phi) is 343. The summed E-state index contributed by atoms with van der Waals surface area (Å²) in [6.45, 7) is 0. The van der Waals surface area contributed by atoms with E-state index in [1.54, 1.807) is 0 Å². The molecule has 0 aromatic rings. The van der Waals surface area contributed by atoms with Crippen LogP contribution >= 0.6 is 0 Å². The first-order valence-electron chi connectivity index (χ1n) is 0. The quantitative estimate of drug-likeness (QED) is 0.591. The third kappa shape index (κ3) is 21.6. The van der Waals surface area contributed by atoms with Gasteiger partial charge in [-0.3, -0.25) is 0 Å². The van der Waals surface area contributed by atoms with Crippen molar-refractivity contribution in [3.05, 3.63) is 22.3 Å². The van der Waals surface area contributed by atoms with E-state index in [2.05, 4.69) is 0 Å². The van der Waals surface area contributed by atoms with Crippen LogP contribution in [0, 0.1) is 93.5 Å². The molecular formula is C3H9La2-3. The molecule has 0 aliphatic carbocycles. The van der Waals surface area contributed by atoms with Crippen LogP contribution < -0.4 is 0 Å². The predicted molar refractivity (Wildman–Crippen MR) is 19.2 cm³/mol. The fourth-order valence-corrected chi connectivity index (χ4v) is 0. The van der Waals surface area contributed by atoms with Gasteiger partial charge in [0.1, 0.15) is 0 Å². The van der Waals surface area contributed by atoms with Gasteiger partial charge >= 0.3 is 0 Å². The molecule has 0 aromatic heterocycles. The Labute approximate surface area is 91.7 Å². The zero-order valence-corrected chi connectivity index (χ0v) is 11.4. The summed E-state index contributed by atoms with van der Waals surface area (Å²) < 4.78 is 0. The zero-order valence-electron chi connectivity index (χ0n) is 4.15. The van der Waals surface area contributed by atoms with Crippen LogP contribution in [0.2, 0.25) is 0 Å². The second kappa shape index (κ2) is 32.5. The molecule has 0 N–H and O–H groups in total. The summed E-state index contributed by atoms with van der Waals surface area (Å²) in [5.74, 6) is 0. The van der Waals surface area contributed by atoms with Gasteiger partial charge in [0.2, 0.25) is 0 Å².